The monoisotopic (exact) mass is 855 g/mol. The first-order valence-corrected chi connectivity index (χ1v) is 17.3. The first-order chi connectivity index (χ1) is 23.9. The van der Waals surface area contributed by atoms with Gasteiger partial charge in [0.15, 0.2) is 0 Å². The predicted molar refractivity (Wildman–Crippen MR) is 203 cm³/mol. The van der Waals surface area contributed by atoms with E-state index in [9.17, 15) is 0 Å². The third-order valence-corrected chi connectivity index (χ3v) is 9.39. The Bertz CT molecular complexity index is 2360. The number of pyridine rings is 1. The number of hydrogen-bond donors (Lipinski definition) is 0. The second-order valence-electron chi connectivity index (χ2n) is 15.0. The fourth-order valence-electron chi connectivity index (χ4n) is 6.67. The Morgan fingerprint density at radius 1 is 0.765 bits per heavy atom. The average molecular weight is 856 g/mol. The molecule has 0 saturated heterocycles. The zero-order valence-electron chi connectivity index (χ0n) is 30.8. The van der Waals surface area contributed by atoms with Gasteiger partial charge in [0, 0.05) is 34.5 Å². The maximum Gasteiger partial charge on any atom is 2.00 e. The smallest absolute Gasteiger partial charge is 0.509 e. The zero-order chi connectivity index (χ0) is 35.4. The van der Waals surface area contributed by atoms with Crippen molar-refractivity contribution in [1.82, 2.24) is 19.3 Å². The fourth-order valence-corrected chi connectivity index (χ4v) is 6.67. The molecule has 3 heterocycles. The van der Waals surface area contributed by atoms with Crippen molar-refractivity contribution in [2.75, 3.05) is 7.11 Å². The molecule has 7 heteroatoms. The maximum atomic E-state index is 6.68. The number of aromatic nitrogens is 4. The van der Waals surface area contributed by atoms with Crippen molar-refractivity contribution in [2.45, 2.75) is 72.6 Å². The second-order valence-corrected chi connectivity index (χ2v) is 15.0. The van der Waals surface area contributed by atoms with Crippen LogP contribution < -0.4 is 9.47 Å². The second kappa shape index (κ2) is 13.8. The minimum Gasteiger partial charge on any atom is -0.509 e. The van der Waals surface area contributed by atoms with Crippen LogP contribution in [0.2, 0.25) is 0 Å². The van der Waals surface area contributed by atoms with Gasteiger partial charge in [0.1, 0.15) is 11.6 Å². The summed E-state index contributed by atoms with van der Waals surface area (Å²) in [4.78, 5) is 4.84. The first kappa shape index (κ1) is 36.1. The number of nitrogens with zero attached hydrogens (tertiary/aromatic N) is 4. The number of aryl methyl sites for hydroxylation is 1. The molecule has 0 spiro atoms. The van der Waals surface area contributed by atoms with E-state index >= 15 is 0 Å². The molecule has 0 aliphatic heterocycles. The Hall–Kier alpha value is -4.67. The molecule has 0 bridgehead atoms. The number of benzene rings is 4. The van der Waals surface area contributed by atoms with Crippen LogP contribution in [0.25, 0.3) is 44.4 Å². The Morgan fingerprint density at radius 2 is 1.51 bits per heavy atom. The molecule has 0 fully saturated rings. The fraction of sp³-hybridized carbons (Fsp3) is 0.273. The van der Waals surface area contributed by atoms with Crippen LogP contribution >= 0.6 is 0 Å². The van der Waals surface area contributed by atoms with Crippen LogP contribution in [0.5, 0.6) is 17.2 Å². The molecule has 7 aromatic rings. The molecule has 51 heavy (non-hydrogen) atoms. The van der Waals surface area contributed by atoms with E-state index < -0.39 is 0 Å². The SMILES string of the molecule is CCc1c(-c2ccccc2)c(C)nn1-c1[c-]c(Oc2[c-]c3c(cc2)c2cc(OC)ccc2n3-c2cc(C(C)(C)C)ccn2)cc(C(C)(C)C)c1.[Pt+2]. The van der Waals surface area contributed by atoms with E-state index in [2.05, 4.69) is 139 Å². The molecule has 0 radical (unpaired) electrons. The summed E-state index contributed by atoms with van der Waals surface area (Å²) in [5.41, 5.74) is 9.35. The van der Waals surface area contributed by atoms with Gasteiger partial charge in [-0.25, -0.2) is 4.98 Å². The van der Waals surface area contributed by atoms with E-state index in [0.29, 0.717) is 11.5 Å². The molecule has 0 aliphatic carbocycles. The molecule has 262 valence electrons. The average Bonchev–Trinajstić information content (AvgIpc) is 3.61. The summed E-state index contributed by atoms with van der Waals surface area (Å²) in [6.07, 6.45) is 2.70. The summed E-state index contributed by atoms with van der Waals surface area (Å²) < 4.78 is 16.5. The summed E-state index contributed by atoms with van der Waals surface area (Å²) in [6.45, 7) is 17.5. The van der Waals surface area contributed by atoms with Crippen LogP contribution in [0.3, 0.4) is 0 Å². The minimum atomic E-state index is -0.137. The van der Waals surface area contributed by atoms with Gasteiger partial charge in [0.25, 0.3) is 0 Å². The number of hydrogen-bond acceptors (Lipinski definition) is 4. The van der Waals surface area contributed by atoms with Crippen molar-refractivity contribution in [3.05, 3.63) is 126 Å². The molecule has 7 rings (SSSR count). The molecule has 3 aromatic heterocycles. The molecule has 0 amide bonds. The summed E-state index contributed by atoms with van der Waals surface area (Å²) in [5.74, 6) is 2.82. The number of methoxy groups -OCH3 is 1. The van der Waals surface area contributed by atoms with Crippen LogP contribution in [-0.2, 0) is 38.3 Å². The van der Waals surface area contributed by atoms with E-state index in [0.717, 1.165) is 73.6 Å². The maximum absolute atomic E-state index is 6.68. The van der Waals surface area contributed by atoms with Crippen LogP contribution in [0.1, 0.15) is 71.0 Å². The molecular weight excluding hydrogens is 812 g/mol. The van der Waals surface area contributed by atoms with E-state index in [1.165, 1.54) is 5.56 Å². The summed E-state index contributed by atoms with van der Waals surface area (Å²) in [6, 6.07) is 36.4. The van der Waals surface area contributed by atoms with E-state index in [1.54, 1.807) is 7.11 Å². The number of fused-ring (bicyclic) bond motifs is 3. The van der Waals surface area contributed by atoms with Crippen LogP contribution in [0.4, 0.5) is 0 Å². The Morgan fingerprint density at radius 3 is 2.20 bits per heavy atom. The summed E-state index contributed by atoms with van der Waals surface area (Å²) in [5, 5.41) is 7.15. The Balaban J connectivity index is 0.00000448. The van der Waals surface area contributed by atoms with E-state index in [4.69, 9.17) is 19.6 Å². The van der Waals surface area contributed by atoms with Crippen LogP contribution in [0, 0.1) is 19.1 Å². The van der Waals surface area contributed by atoms with Gasteiger partial charge in [-0.1, -0.05) is 84.3 Å². The van der Waals surface area contributed by atoms with Gasteiger partial charge >= 0.3 is 21.1 Å². The van der Waals surface area contributed by atoms with E-state index in [-0.39, 0.29) is 31.9 Å². The van der Waals surface area contributed by atoms with Crippen molar-refractivity contribution in [3.63, 3.8) is 0 Å². The number of ether oxygens (including phenoxy) is 2. The van der Waals surface area contributed by atoms with Gasteiger partial charge in [-0.2, -0.15) is 11.2 Å². The Kier molecular flexibility index (Phi) is 9.78. The number of rotatable bonds is 7. The third kappa shape index (κ3) is 6.87. The standard InChI is InChI=1S/C44H44N4O2.Pt/c1-10-38-42(29-14-12-11-13-15-29)28(2)46-48(38)32-22-31(44(6,7)8)23-35(25-32)50-34-16-18-36-37-26-33(49-9)17-19-39(37)47(40(36)27-34)41-24-30(20-21-45-41)43(3,4)5;/h11-24,26H,10H2,1-9H3;/q-2;+2. The molecular formula is C44H44N4O2Pt. The first-order valence-electron chi connectivity index (χ1n) is 17.3. The van der Waals surface area contributed by atoms with Gasteiger partial charge in [-0.15, -0.1) is 41.3 Å². The van der Waals surface area contributed by atoms with Crippen molar-refractivity contribution < 1.29 is 30.5 Å². The van der Waals surface area contributed by atoms with Gasteiger partial charge in [-0.3, -0.25) is 4.68 Å². The van der Waals surface area contributed by atoms with Crippen LogP contribution in [0.15, 0.2) is 91.1 Å². The predicted octanol–water partition coefficient (Wildman–Crippen LogP) is 10.9. The summed E-state index contributed by atoms with van der Waals surface area (Å²) in [7, 11) is 1.69. The topological polar surface area (TPSA) is 54.1 Å². The van der Waals surface area contributed by atoms with Crippen molar-refractivity contribution in [2.24, 2.45) is 0 Å². The minimum absolute atomic E-state index is 0. The Labute approximate surface area is 315 Å². The molecule has 0 aliphatic rings. The molecule has 0 unspecified atom stereocenters. The normalized spacial score (nSPS) is 11.9. The van der Waals surface area contributed by atoms with Crippen molar-refractivity contribution in [3.8, 4) is 39.9 Å². The third-order valence-electron chi connectivity index (χ3n) is 9.39. The molecule has 0 N–H and O–H groups in total. The van der Waals surface area contributed by atoms with Crippen molar-refractivity contribution >= 4 is 21.8 Å². The van der Waals surface area contributed by atoms with Gasteiger partial charge < -0.3 is 14.0 Å². The zero-order valence-corrected chi connectivity index (χ0v) is 33.1. The largest absolute Gasteiger partial charge is 2.00 e. The molecule has 4 aromatic carbocycles. The molecule has 0 saturated carbocycles. The van der Waals surface area contributed by atoms with Gasteiger partial charge in [0.2, 0.25) is 0 Å². The molecule has 6 nitrogen and oxygen atoms in total. The van der Waals surface area contributed by atoms with Gasteiger partial charge in [0.05, 0.1) is 12.8 Å². The molecule has 0 atom stereocenters. The van der Waals surface area contributed by atoms with Gasteiger partial charge in [-0.05, 0) is 76.7 Å². The van der Waals surface area contributed by atoms with Crippen LogP contribution in [-0.4, -0.2) is 26.4 Å². The van der Waals surface area contributed by atoms with E-state index in [1.807, 2.05) is 29.1 Å². The summed E-state index contributed by atoms with van der Waals surface area (Å²) >= 11 is 0. The quantitative estimate of drug-likeness (QED) is 0.150. The van der Waals surface area contributed by atoms with Crippen molar-refractivity contribution in [1.29, 1.82) is 0 Å².